The van der Waals surface area contributed by atoms with Crippen LogP contribution in [0.25, 0.3) is 10.8 Å². The van der Waals surface area contributed by atoms with Gasteiger partial charge in [0.15, 0.2) is 0 Å². The van der Waals surface area contributed by atoms with Crippen LogP contribution in [0.4, 0.5) is 11.8 Å². The Morgan fingerprint density at radius 1 is 1.05 bits per heavy atom. The predicted octanol–water partition coefficient (Wildman–Crippen LogP) is 4.04. The average molecular weight is 299 g/mol. The lowest BCUT2D eigenvalue weighted by atomic mass is 10.0. The highest BCUT2D eigenvalue weighted by Gasteiger charge is 2.08. The minimum Gasteiger partial charge on any atom is -0.368 e. The zero-order valence-corrected chi connectivity index (χ0v) is 12.3. The van der Waals surface area contributed by atoms with Crippen molar-refractivity contribution in [3.63, 3.8) is 0 Å². The maximum absolute atomic E-state index is 5.89. The number of anilines is 2. The van der Waals surface area contributed by atoms with Gasteiger partial charge in [-0.1, -0.05) is 48.0 Å². The highest BCUT2D eigenvalue weighted by Crippen LogP contribution is 2.23. The van der Waals surface area contributed by atoms with Crippen LogP contribution in [0.3, 0.4) is 0 Å². The average Bonchev–Trinajstić information content (AvgIpc) is 2.45. The molecule has 1 heterocycles. The molecule has 21 heavy (non-hydrogen) atoms. The smallest absolute Gasteiger partial charge is 0.223 e. The van der Waals surface area contributed by atoms with Crippen molar-refractivity contribution in [1.82, 2.24) is 9.97 Å². The second-order valence-corrected chi connectivity index (χ2v) is 5.29. The molecule has 2 aromatic carbocycles. The van der Waals surface area contributed by atoms with E-state index in [9.17, 15) is 0 Å². The van der Waals surface area contributed by atoms with Gasteiger partial charge in [-0.15, -0.1) is 0 Å². The van der Waals surface area contributed by atoms with Crippen molar-refractivity contribution in [3.05, 3.63) is 59.2 Å². The molecular formula is C16H15ClN4. The third kappa shape index (κ3) is 3.06. The molecule has 3 rings (SSSR count). The lowest BCUT2D eigenvalue weighted by Gasteiger charge is -2.16. The molecule has 1 aromatic heterocycles. The fourth-order valence-electron chi connectivity index (χ4n) is 2.29. The molecule has 0 radical (unpaired) electrons. The van der Waals surface area contributed by atoms with Gasteiger partial charge >= 0.3 is 0 Å². The number of nitrogen functional groups attached to an aromatic ring is 1. The van der Waals surface area contributed by atoms with Gasteiger partial charge in [0.05, 0.1) is 0 Å². The summed E-state index contributed by atoms with van der Waals surface area (Å²) >= 11 is 5.89. The highest BCUT2D eigenvalue weighted by molar-refractivity contribution is 6.29. The molecule has 0 saturated carbocycles. The molecule has 5 heteroatoms. The van der Waals surface area contributed by atoms with E-state index in [1.807, 2.05) is 12.1 Å². The van der Waals surface area contributed by atoms with Gasteiger partial charge in [-0.2, -0.15) is 4.98 Å². The molecule has 1 unspecified atom stereocenters. The molecule has 0 bridgehead atoms. The Kier molecular flexibility index (Phi) is 3.62. The monoisotopic (exact) mass is 298 g/mol. The van der Waals surface area contributed by atoms with E-state index in [1.165, 1.54) is 16.3 Å². The number of halogens is 1. The summed E-state index contributed by atoms with van der Waals surface area (Å²) in [5.41, 5.74) is 6.77. The molecule has 0 aliphatic heterocycles. The van der Waals surface area contributed by atoms with Gasteiger partial charge in [0.25, 0.3) is 0 Å². The van der Waals surface area contributed by atoms with Gasteiger partial charge in [-0.05, 0) is 29.3 Å². The molecule has 0 aliphatic carbocycles. The summed E-state index contributed by atoms with van der Waals surface area (Å²) in [5, 5.41) is 6.06. The Labute approximate surface area is 128 Å². The number of nitrogens with zero attached hydrogens (tertiary/aromatic N) is 2. The van der Waals surface area contributed by atoms with Gasteiger partial charge in [0, 0.05) is 12.1 Å². The minimum absolute atomic E-state index is 0.0833. The lowest BCUT2D eigenvalue weighted by molar-refractivity contribution is 0.875. The zero-order valence-electron chi connectivity index (χ0n) is 11.5. The largest absolute Gasteiger partial charge is 0.368 e. The molecule has 1 atom stereocenters. The Hall–Kier alpha value is -2.33. The molecule has 0 amide bonds. The number of nitrogens with one attached hydrogen (secondary N) is 1. The first-order chi connectivity index (χ1) is 10.1. The maximum Gasteiger partial charge on any atom is 0.223 e. The summed E-state index contributed by atoms with van der Waals surface area (Å²) in [7, 11) is 0. The SMILES string of the molecule is CC(Nc1cc(Cl)nc(N)n1)c1ccc2ccccc2c1. The van der Waals surface area contributed by atoms with Crippen molar-refractivity contribution in [2.24, 2.45) is 0 Å². The Morgan fingerprint density at radius 3 is 2.57 bits per heavy atom. The summed E-state index contributed by atoms with van der Waals surface area (Å²) in [5.74, 6) is 0.781. The lowest BCUT2D eigenvalue weighted by Crippen LogP contribution is -2.09. The number of nitrogens with two attached hydrogens (primary N) is 1. The third-order valence-corrected chi connectivity index (χ3v) is 3.54. The predicted molar refractivity (Wildman–Crippen MR) is 87.4 cm³/mol. The second kappa shape index (κ2) is 5.58. The van der Waals surface area contributed by atoms with Gasteiger partial charge in [0.1, 0.15) is 11.0 Å². The molecule has 3 N–H and O–H groups in total. The van der Waals surface area contributed by atoms with E-state index in [1.54, 1.807) is 6.07 Å². The van der Waals surface area contributed by atoms with Crippen molar-refractivity contribution in [1.29, 1.82) is 0 Å². The van der Waals surface area contributed by atoms with Gasteiger partial charge < -0.3 is 11.1 Å². The first-order valence-corrected chi connectivity index (χ1v) is 7.05. The first kappa shape index (κ1) is 13.6. The summed E-state index contributed by atoms with van der Waals surface area (Å²) in [6, 6.07) is 16.4. The molecule has 0 aliphatic rings. The molecule has 106 valence electrons. The number of hydrogen-bond acceptors (Lipinski definition) is 4. The second-order valence-electron chi connectivity index (χ2n) is 4.91. The van der Waals surface area contributed by atoms with Crippen LogP contribution in [0.1, 0.15) is 18.5 Å². The van der Waals surface area contributed by atoms with Crippen molar-refractivity contribution in [3.8, 4) is 0 Å². The van der Waals surface area contributed by atoms with Crippen LogP contribution < -0.4 is 11.1 Å². The number of aromatic nitrogens is 2. The normalized spacial score (nSPS) is 12.3. The summed E-state index contributed by atoms with van der Waals surface area (Å²) in [4.78, 5) is 7.98. The van der Waals surface area contributed by atoms with Crippen LogP contribution >= 0.6 is 11.6 Å². The van der Waals surface area contributed by atoms with E-state index in [0.717, 1.165) is 0 Å². The van der Waals surface area contributed by atoms with E-state index >= 15 is 0 Å². The third-order valence-electron chi connectivity index (χ3n) is 3.35. The van der Waals surface area contributed by atoms with E-state index in [-0.39, 0.29) is 12.0 Å². The maximum atomic E-state index is 5.89. The standard InChI is InChI=1S/C16H15ClN4/c1-10(19-15-9-14(17)20-16(18)21-15)12-7-6-11-4-2-3-5-13(11)8-12/h2-10H,1H3,(H3,18,19,20,21). The Bertz CT molecular complexity index is 768. The minimum atomic E-state index is 0.0833. The van der Waals surface area contributed by atoms with Gasteiger partial charge in [0.2, 0.25) is 5.95 Å². The molecular weight excluding hydrogens is 284 g/mol. The molecule has 3 aromatic rings. The van der Waals surface area contributed by atoms with Gasteiger partial charge in [-0.25, -0.2) is 4.98 Å². The molecule has 0 fully saturated rings. The summed E-state index contributed by atoms with van der Waals surface area (Å²) in [6.07, 6.45) is 0. The number of hydrogen-bond donors (Lipinski definition) is 2. The zero-order chi connectivity index (χ0) is 14.8. The van der Waals surface area contributed by atoms with E-state index in [0.29, 0.717) is 11.0 Å². The Morgan fingerprint density at radius 2 is 1.81 bits per heavy atom. The fourth-order valence-corrected chi connectivity index (χ4v) is 2.48. The van der Waals surface area contributed by atoms with Crippen LogP contribution in [-0.2, 0) is 0 Å². The van der Waals surface area contributed by atoms with Gasteiger partial charge in [-0.3, -0.25) is 0 Å². The van der Waals surface area contributed by atoms with Crippen LogP contribution in [0.5, 0.6) is 0 Å². The van der Waals surface area contributed by atoms with Crippen molar-refractivity contribution < 1.29 is 0 Å². The van der Waals surface area contributed by atoms with Crippen LogP contribution in [0, 0.1) is 0 Å². The highest BCUT2D eigenvalue weighted by atomic mass is 35.5. The number of benzene rings is 2. The van der Waals surface area contributed by atoms with Crippen molar-refractivity contribution >= 4 is 34.1 Å². The van der Waals surface area contributed by atoms with Crippen LogP contribution in [0.2, 0.25) is 5.15 Å². The van der Waals surface area contributed by atoms with Crippen molar-refractivity contribution in [2.45, 2.75) is 13.0 Å². The Balaban J connectivity index is 1.87. The van der Waals surface area contributed by atoms with E-state index < -0.39 is 0 Å². The molecule has 0 spiro atoms. The topological polar surface area (TPSA) is 63.8 Å². The summed E-state index contributed by atoms with van der Waals surface area (Å²) < 4.78 is 0. The van der Waals surface area contributed by atoms with Crippen LogP contribution in [0.15, 0.2) is 48.5 Å². The van der Waals surface area contributed by atoms with Crippen LogP contribution in [-0.4, -0.2) is 9.97 Å². The quantitative estimate of drug-likeness (QED) is 0.716. The van der Waals surface area contributed by atoms with E-state index in [4.69, 9.17) is 17.3 Å². The molecule has 0 saturated heterocycles. The first-order valence-electron chi connectivity index (χ1n) is 6.67. The summed E-state index contributed by atoms with van der Waals surface area (Å²) in [6.45, 7) is 2.07. The molecule has 4 nitrogen and oxygen atoms in total. The van der Waals surface area contributed by atoms with Crippen molar-refractivity contribution in [2.75, 3.05) is 11.1 Å². The fraction of sp³-hybridized carbons (Fsp3) is 0.125. The number of fused-ring (bicyclic) bond motifs is 1. The number of rotatable bonds is 3. The van der Waals surface area contributed by atoms with E-state index in [2.05, 4.69) is 52.5 Å².